The molecule has 6 amide bonds. The van der Waals surface area contributed by atoms with Crippen LogP contribution in [0.25, 0.3) is 0 Å². The first-order valence-electron chi connectivity index (χ1n) is 12.7. The quantitative estimate of drug-likeness (QED) is 0.550. The SMILES string of the molecule is O=C1CCN(N2Cc3cc(CN4CCN(C(c5ccccc5)c5ccccc5)C4=O)ccc3C2=O)C(=O)N1. The van der Waals surface area contributed by atoms with Crippen molar-refractivity contribution >= 4 is 23.9 Å². The number of hydrazine groups is 1. The highest BCUT2D eigenvalue weighted by Gasteiger charge is 2.38. The summed E-state index contributed by atoms with van der Waals surface area (Å²) in [4.78, 5) is 54.1. The van der Waals surface area contributed by atoms with E-state index in [4.69, 9.17) is 0 Å². The van der Waals surface area contributed by atoms with Gasteiger partial charge in [-0.1, -0.05) is 72.8 Å². The minimum absolute atomic E-state index is 0.0319. The van der Waals surface area contributed by atoms with Gasteiger partial charge in [-0.15, -0.1) is 0 Å². The van der Waals surface area contributed by atoms with E-state index in [-0.39, 0.29) is 43.4 Å². The molecule has 3 heterocycles. The molecule has 1 N–H and O–H groups in total. The van der Waals surface area contributed by atoms with Gasteiger partial charge in [-0.25, -0.2) is 19.6 Å². The minimum Gasteiger partial charge on any atom is -0.319 e. The van der Waals surface area contributed by atoms with Gasteiger partial charge in [0, 0.05) is 31.6 Å². The van der Waals surface area contributed by atoms with Crippen LogP contribution >= 0.6 is 0 Å². The van der Waals surface area contributed by atoms with Crippen molar-refractivity contribution in [1.29, 1.82) is 0 Å². The number of benzene rings is 3. The van der Waals surface area contributed by atoms with Crippen LogP contribution in [0, 0.1) is 0 Å². The second kappa shape index (κ2) is 9.66. The monoisotopic (exact) mass is 509 g/mol. The molecule has 3 aliphatic heterocycles. The molecule has 0 spiro atoms. The number of rotatable bonds is 6. The maximum Gasteiger partial charge on any atom is 0.342 e. The molecule has 2 fully saturated rings. The van der Waals surface area contributed by atoms with E-state index in [9.17, 15) is 19.2 Å². The van der Waals surface area contributed by atoms with E-state index in [0.717, 1.165) is 22.3 Å². The van der Waals surface area contributed by atoms with Crippen molar-refractivity contribution < 1.29 is 19.2 Å². The molecule has 6 rings (SSSR count). The van der Waals surface area contributed by atoms with Crippen molar-refractivity contribution in [2.24, 2.45) is 0 Å². The highest BCUT2D eigenvalue weighted by molar-refractivity contribution is 6.02. The molecule has 0 aromatic heterocycles. The molecule has 3 aromatic rings. The maximum atomic E-state index is 13.6. The minimum atomic E-state index is -0.586. The van der Waals surface area contributed by atoms with Gasteiger partial charge in [0.1, 0.15) is 0 Å². The topological polar surface area (TPSA) is 93.3 Å². The summed E-state index contributed by atoms with van der Waals surface area (Å²) in [5.74, 6) is -0.614. The fourth-order valence-corrected chi connectivity index (χ4v) is 5.47. The van der Waals surface area contributed by atoms with Gasteiger partial charge in [0.05, 0.1) is 19.1 Å². The molecule has 9 nitrogen and oxygen atoms in total. The van der Waals surface area contributed by atoms with E-state index in [0.29, 0.717) is 25.2 Å². The molecule has 0 radical (unpaired) electrons. The Morgan fingerprint density at radius 3 is 2.11 bits per heavy atom. The van der Waals surface area contributed by atoms with Crippen molar-refractivity contribution in [1.82, 2.24) is 25.1 Å². The van der Waals surface area contributed by atoms with E-state index in [1.807, 2.05) is 58.3 Å². The van der Waals surface area contributed by atoms with Crippen LogP contribution in [0.3, 0.4) is 0 Å². The van der Waals surface area contributed by atoms with Crippen LogP contribution in [0.15, 0.2) is 78.9 Å². The molecule has 192 valence electrons. The Balaban J connectivity index is 1.19. The number of imide groups is 1. The Hall–Kier alpha value is -4.66. The van der Waals surface area contributed by atoms with E-state index in [1.165, 1.54) is 10.0 Å². The summed E-state index contributed by atoms with van der Waals surface area (Å²) in [6, 6.07) is 24.9. The highest BCUT2D eigenvalue weighted by Crippen LogP contribution is 2.33. The fraction of sp³-hybridized carbons (Fsp3) is 0.241. The predicted octanol–water partition coefficient (Wildman–Crippen LogP) is 3.53. The molecule has 9 heteroatoms. The van der Waals surface area contributed by atoms with Crippen LogP contribution < -0.4 is 5.32 Å². The molecule has 0 aliphatic carbocycles. The van der Waals surface area contributed by atoms with Gasteiger partial charge in [0.2, 0.25) is 5.91 Å². The van der Waals surface area contributed by atoms with Crippen molar-refractivity contribution in [3.8, 4) is 0 Å². The van der Waals surface area contributed by atoms with Crippen LogP contribution in [0.4, 0.5) is 9.59 Å². The molecule has 3 aromatic carbocycles. The first-order chi connectivity index (χ1) is 18.5. The summed E-state index contributed by atoms with van der Waals surface area (Å²) in [6.45, 7) is 2.03. The number of carbonyl (C=O) groups is 4. The summed E-state index contributed by atoms with van der Waals surface area (Å²) >= 11 is 0. The van der Waals surface area contributed by atoms with E-state index in [1.54, 1.807) is 6.07 Å². The number of nitrogens with zero attached hydrogens (tertiary/aromatic N) is 4. The van der Waals surface area contributed by atoms with Crippen LogP contribution in [-0.4, -0.2) is 63.3 Å². The fourth-order valence-electron chi connectivity index (χ4n) is 5.47. The maximum absolute atomic E-state index is 13.6. The van der Waals surface area contributed by atoms with Crippen molar-refractivity contribution in [3.63, 3.8) is 0 Å². The zero-order chi connectivity index (χ0) is 26.2. The summed E-state index contributed by atoms with van der Waals surface area (Å²) in [7, 11) is 0. The number of urea groups is 2. The average Bonchev–Trinajstić information content (AvgIpc) is 3.44. The first-order valence-corrected chi connectivity index (χ1v) is 12.7. The lowest BCUT2D eigenvalue weighted by Crippen LogP contribution is -2.56. The molecule has 0 bridgehead atoms. The number of hydrogen-bond donors (Lipinski definition) is 1. The van der Waals surface area contributed by atoms with Crippen molar-refractivity contribution in [3.05, 3.63) is 107 Å². The second-order valence-corrected chi connectivity index (χ2v) is 9.70. The molecule has 38 heavy (non-hydrogen) atoms. The van der Waals surface area contributed by atoms with Gasteiger partial charge in [-0.2, -0.15) is 0 Å². The highest BCUT2D eigenvalue weighted by atomic mass is 16.2. The summed E-state index contributed by atoms with van der Waals surface area (Å²) in [5, 5.41) is 4.93. The van der Waals surface area contributed by atoms with Crippen molar-refractivity contribution in [2.75, 3.05) is 19.6 Å². The van der Waals surface area contributed by atoms with Crippen molar-refractivity contribution in [2.45, 2.75) is 25.6 Å². The van der Waals surface area contributed by atoms with Gasteiger partial charge >= 0.3 is 12.1 Å². The van der Waals surface area contributed by atoms with Gasteiger partial charge < -0.3 is 9.80 Å². The molecular weight excluding hydrogens is 482 g/mol. The number of carbonyl (C=O) groups excluding carboxylic acids is 4. The zero-order valence-corrected chi connectivity index (χ0v) is 20.7. The Kier molecular flexibility index (Phi) is 6.03. The molecule has 0 atom stereocenters. The Bertz CT molecular complexity index is 1370. The van der Waals surface area contributed by atoms with E-state index < -0.39 is 6.03 Å². The Morgan fingerprint density at radius 2 is 1.45 bits per heavy atom. The third-order valence-corrected chi connectivity index (χ3v) is 7.32. The largest absolute Gasteiger partial charge is 0.342 e. The first kappa shape index (κ1) is 23.7. The second-order valence-electron chi connectivity index (χ2n) is 9.70. The average molecular weight is 510 g/mol. The van der Waals surface area contributed by atoms with E-state index >= 15 is 0 Å². The molecule has 3 aliphatic rings. The molecule has 2 saturated heterocycles. The normalized spacial score (nSPS) is 17.5. The third kappa shape index (κ3) is 4.26. The van der Waals surface area contributed by atoms with Gasteiger partial charge in [0.15, 0.2) is 0 Å². The van der Waals surface area contributed by atoms with Gasteiger partial charge in [-0.05, 0) is 28.3 Å². The number of fused-ring (bicyclic) bond motifs is 1. The smallest absolute Gasteiger partial charge is 0.319 e. The lowest BCUT2D eigenvalue weighted by atomic mass is 9.97. The number of hydrogen-bond acceptors (Lipinski definition) is 4. The molecule has 0 saturated carbocycles. The van der Waals surface area contributed by atoms with Gasteiger partial charge in [-0.3, -0.25) is 14.9 Å². The Morgan fingerprint density at radius 1 is 0.763 bits per heavy atom. The lowest BCUT2D eigenvalue weighted by molar-refractivity contribution is -0.123. The standard InChI is InChI=1S/C29H27N5O4/c35-25-13-14-33(28(37)30-25)34-19-23-17-20(11-12-24(23)27(34)36)18-31-15-16-32(29(31)38)26(21-7-3-1-4-8-21)22-9-5-2-6-10-22/h1-12,17,26H,13-16,18-19H2,(H,30,35,37). The third-order valence-electron chi connectivity index (χ3n) is 7.32. The van der Waals surface area contributed by atoms with Gasteiger partial charge in [0.25, 0.3) is 5.91 Å². The van der Waals surface area contributed by atoms with Crippen LogP contribution in [0.1, 0.15) is 45.1 Å². The molecular formula is C29H27N5O4. The summed E-state index contributed by atoms with van der Waals surface area (Å²) < 4.78 is 0. The summed E-state index contributed by atoms with van der Waals surface area (Å²) in [6.07, 6.45) is 0.150. The van der Waals surface area contributed by atoms with Crippen LogP contribution in [0.5, 0.6) is 0 Å². The lowest BCUT2D eigenvalue weighted by Gasteiger charge is -2.33. The number of nitrogens with one attached hydrogen (secondary N) is 1. The van der Waals surface area contributed by atoms with E-state index in [2.05, 4.69) is 29.6 Å². The Labute approximate surface area is 220 Å². The van der Waals surface area contributed by atoms with Crippen LogP contribution in [0.2, 0.25) is 0 Å². The zero-order valence-electron chi connectivity index (χ0n) is 20.7. The predicted molar refractivity (Wildman–Crippen MR) is 138 cm³/mol. The molecule has 0 unspecified atom stereocenters. The van der Waals surface area contributed by atoms with Crippen LogP contribution in [-0.2, 0) is 17.9 Å². The number of amides is 6. The summed E-state index contributed by atoms with van der Waals surface area (Å²) in [5.41, 5.74) is 4.37.